The highest BCUT2D eigenvalue weighted by Gasteiger charge is 2.54. The van der Waals surface area contributed by atoms with Crippen molar-refractivity contribution < 1.29 is 19.1 Å². The predicted molar refractivity (Wildman–Crippen MR) is 73.8 cm³/mol. The number of rotatable bonds is 3. The van der Waals surface area contributed by atoms with Crippen LogP contribution in [0.4, 0.5) is 0 Å². The Bertz CT molecular complexity index is 435. The minimum absolute atomic E-state index is 0.0569. The molecule has 0 aromatic carbocycles. The Balaban J connectivity index is 3.14. The first-order chi connectivity index (χ1) is 9.11. The van der Waals surface area contributed by atoms with Crippen molar-refractivity contribution >= 4 is 17.8 Å². The quantitative estimate of drug-likeness (QED) is 0.774. The molecule has 20 heavy (non-hydrogen) atoms. The van der Waals surface area contributed by atoms with Crippen LogP contribution in [0.25, 0.3) is 0 Å². The molecule has 0 spiro atoms. The van der Waals surface area contributed by atoms with Crippen molar-refractivity contribution in [2.45, 2.75) is 51.6 Å². The number of piperidine rings is 1. The van der Waals surface area contributed by atoms with E-state index in [2.05, 4.69) is 5.32 Å². The zero-order valence-corrected chi connectivity index (χ0v) is 13.1. The van der Waals surface area contributed by atoms with Crippen LogP contribution in [0, 0.1) is 5.92 Å². The van der Waals surface area contributed by atoms with E-state index in [0.717, 1.165) is 0 Å². The summed E-state index contributed by atoms with van der Waals surface area (Å²) in [5.74, 6) is -0.993. The molecule has 1 aliphatic rings. The number of hydrogen-bond donors (Lipinski definition) is 1. The summed E-state index contributed by atoms with van der Waals surface area (Å²) in [4.78, 5) is 37.6. The van der Waals surface area contributed by atoms with Crippen LogP contribution in [0.2, 0.25) is 0 Å². The van der Waals surface area contributed by atoms with Gasteiger partial charge >= 0.3 is 5.97 Å². The van der Waals surface area contributed by atoms with E-state index < -0.39 is 17.0 Å². The number of carbonyl (C=O) groups excluding carboxylic acids is 3. The number of carbonyl (C=O) groups is 3. The molecule has 114 valence electrons. The van der Waals surface area contributed by atoms with Crippen LogP contribution < -0.4 is 5.32 Å². The molecule has 6 nitrogen and oxygen atoms in total. The largest absolute Gasteiger partial charge is 0.467 e. The number of amides is 2. The van der Waals surface area contributed by atoms with E-state index in [0.29, 0.717) is 12.8 Å². The van der Waals surface area contributed by atoms with Crippen LogP contribution in [0.15, 0.2) is 0 Å². The Kier molecular flexibility index (Phi) is 4.46. The van der Waals surface area contributed by atoms with Gasteiger partial charge in [-0.25, -0.2) is 4.79 Å². The third-order valence-electron chi connectivity index (χ3n) is 4.45. The Morgan fingerprint density at radius 2 is 1.90 bits per heavy atom. The summed E-state index contributed by atoms with van der Waals surface area (Å²) in [7, 11) is 2.93. The number of likely N-dealkylation sites (N-methyl/N-ethyl adjacent to an activating group) is 1. The molecule has 6 heteroatoms. The molecule has 0 saturated carbocycles. The van der Waals surface area contributed by atoms with Gasteiger partial charge < -0.3 is 15.0 Å². The van der Waals surface area contributed by atoms with Gasteiger partial charge in [-0.1, -0.05) is 13.8 Å². The van der Waals surface area contributed by atoms with Crippen molar-refractivity contribution in [2.75, 3.05) is 14.2 Å². The Morgan fingerprint density at radius 3 is 2.25 bits per heavy atom. The maximum atomic E-state index is 12.6. The van der Waals surface area contributed by atoms with Gasteiger partial charge in [0, 0.05) is 14.0 Å². The third-order valence-corrected chi connectivity index (χ3v) is 4.45. The number of methoxy groups -OCH3 is 1. The summed E-state index contributed by atoms with van der Waals surface area (Å²) in [5, 5.41) is 2.74. The van der Waals surface area contributed by atoms with Crippen LogP contribution in [-0.4, -0.2) is 47.9 Å². The second-order valence-corrected chi connectivity index (χ2v) is 5.93. The molecule has 2 atom stereocenters. The average Bonchev–Trinajstić information content (AvgIpc) is 2.36. The van der Waals surface area contributed by atoms with Crippen molar-refractivity contribution in [1.29, 1.82) is 0 Å². The van der Waals surface area contributed by atoms with Crippen LogP contribution in [0.3, 0.4) is 0 Å². The van der Waals surface area contributed by atoms with E-state index >= 15 is 0 Å². The normalized spacial score (nSPS) is 29.9. The van der Waals surface area contributed by atoms with Gasteiger partial charge in [0.2, 0.25) is 11.8 Å². The van der Waals surface area contributed by atoms with Crippen molar-refractivity contribution in [3.05, 3.63) is 0 Å². The monoisotopic (exact) mass is 284 g/mol. The fourth-order valence-corrected chi connectivity index (χ4v) is 2.89. The molecule has 1 heterocycles. The SMILES string of the molecule is COC(=O)[C@@]1(C)CC[C@@](C(C)C)(N(C)C(C)=O)C(=O)N1. The number of ether oxygens (including phenoxy) is 1. The summed E-state index contributed by atoms with van der Waals surface area (Å²) in [6.07, 6.45) is 0.861. The molecular weight excluding hydrogens is 260 g/mol. The van der Waals surface area contributed by atoms with Crippen LogP contribution in [-0.2, 0) is 19.1 Å². The van der Waals surface area contributed by atoms with Crippen LogP contribution in [0.5, 0.6) is 0 Å². The molecular formula is C14H24N2O4. The summed E-state index contributed by atoms with van der Waals surface area (Å²) in [6, 6.07) is 0. The Hall–Kier alpha value is -1.59. The number of esters is 1. The van der Waals surface area contributed by atoms with Crippen molar-refractivity contribution in [3.63, 3.8) is 0 Å². The molecule has 1 fully saturated rings. The standard InChI is InChI=1S/C14H24N2O4/c1-9(2)14(16(5)10(3)17)8-7-13(4,12(19)20-6)15-11(14)18/h9H,7-8H2,1-6H3,(H,15,18)/t13-,14+/m1/s1. The van der Waals surface area contributed by atoms with Gasteiger partial charge in [-0.05, 0) is 25.7 Å². The second-order valence-electron chi connectivity index (χ2n) is 5.93. The summed E-state index contributed by atoms with van der Waals surface area (Å²) < 4.78 is 4.74. The maximum Gasteiger partial charge on any atom is 0.331 e. The minimum atomic E-state index is -1.03. The average molecular weight is 284 g/mol. The third kappa shape index (κ3) is 2.39. The maximum absolute atomic E-state index is 12.6. The zero-order chi connectivity index (χ0) is 15.7. The predicted octanol–water partition coefficient (Wildman–Crippen LogP) is 0.701. The fraction of sp³-hybridized carbons (Fsp3) is 0.786. The van der Waals surface area contributed by atoms with Crippen molar-refractivity contribution in [3.8, 4) is 0 Å². The first-order valence-corrected chi connectivity index (χ1v) is 6.77. The van der Waals surface area contributed by atoms with Gasteiger partial charge in [0.25, 0.3) is 0 Å². The van der Waals surface area contributed by atoms with E-state index in [1.165, 1.54) is 18.9 Å². The van der Waals surface area contributed by atoms with Gasteiger partial charge in [0.15, 0.2) is 0 Å². The highest BCUT2D eigenvalue weighted by atomic mass is 16.5. The molecule has 0 aliphatic carbocycles. The first kappa shape index (κ1) is 16.5. The summed E-state index contributed by atoms with van der Waals surface area (Å²) >= 11 is 0. The highest BCUT2D eigenvalue weighted by molar-refractivity contribution is 5.96. The molecule has 0 aromatic rings. The van der Waals surface area contributed by atoms with E-state index in [-0.39, 0.29) is 17.7 Å². The lowest BCUT2D eigenvalue weighted by atomic mass is 9.73. The summed E-state index contributed by atoms with van der Waals surface area (Å²) in [6.45, 7) is 6.89. The summed E-state index contributed by atoms with van der Waals surface area (Å²) in [5.41, 5.74) is -1.94. The van der Waals surface area contributed by atoms with E-state index in [9.17, 15) is 14.4 Å². The molecule has 0 bridgehead atoms. The number of hydrogen-bond acceptors (Lipinski definition) is 4. The highest BCUT2D eigenvalue weighted by Crippen LogP contribution is 2.36. The molecule has 1 rings (SSSR count). The molecule has 0 unspecified atom stereocenters. The second kappa shape index (κ2) is 5.42. The van der Waals surface area contributed by atoms with Gasteiger partial charge in [0.1, 0.15) is 11.1 Å². The molecule has 1 N–H and O–H groups in total. The van der Waals surface area contributed by atoms with Crippen molar-refractivity contribution in [2.24, 2.45) is 5.92 Å². The zero-order valence-electron chi connectivity index (χ0n) is 13.1. The van der Waals surface area contributed by atoms with Crippen molar-refractivity contribution in [1.82, 2.24) is 10.2 Å². The lowest BCUT2D eigenvalue weighted by molar-refractivity contribution is -0.161. The molecule has 0 aromatic heterocycles. The number of nitrogens with zero attached hydrogens (tertiary/aromatic N) is 1. The molecule has 1 aliphatic heterocycles. The molecule has 1 saturated heterocycles. The van der Waals surface area contributed by atoms with Crippen LogP contribution in [0.1, 0.15) is 40.5 Å². The molecule has 2 amide bonds. The van der Waals surface area contributed by atoms with E-state index in [4.69, 9.17) is 4.74 Å². The molecule has 0 radical (unpaired) electrons. The fourth-order valence-electron chi connectivity index (χ4n) is 2.89. The Labute approximate surface area is 119 Å². The van der Waals surface area contributed by atoms with Gasteiger partial charge in [-0.2, -0.15) is 0 Å². The number of nitrogens with one attached hydrogen (secondary N) is 1. The van der Waals surface area contributed by atoms with Gasteiger partial charge in [-0.3, -0.25) is 9.59 Å². The van der Waals surface area contributed by atoms with Crippen LogP contribution >= 0.6 is 0 Å². The van der Waals surface area contributed by atoms with Gasteiger partial charge in [-0.15, -0.1) is 0 Å². The first-order valence-electron chi connectivity index (χ1n) is 6.77. The van der Waals surface area contributed by atoms with E-state index in [1.807, 2.05) is 13.8 Å². The lowest BCUT2D eigenvalue weighted by Gasteiger charge is -2.49. The smallest absolute Gasteiger partial charge is 0.331 e. The Morgan fingerprint density at radius 1 is 1.35 bits per heavy atom. The van der Waals surface area contributed by atoms with E-state index in [1.54, 1.807) is 14.0 Å². The lowest BCUT2D eigenvalue weighted by Crippen LogP contribution is -2.70. The topological polar surface area (TPSA) is 75.7 Å². The van der Waals surface area contributed by atoms with Gasteiger partial charge in [0.05, 0.1) is 7.11 Å². The minimum Gasteiger partial charge on any atom is -0.467 e.